The highest BCUT2D eigenvalue weighted by molar-refractivity contribution is 7.99. The fourth-order valence-electron chi connectivity index (χ4n) is 4.92. The van der Waals surface area contributed by atoms with E-state index in [9.17, 15) is 23.4 Å². The van der Waals surface area contributed by atoms with Gasteiger partial charge >= 0.3 is 5.24 Å². The average molecular weight is 581 g/mol. The summed E-state index contributed by atoms with van der Waals surface area (Å²) in [7, 11) is -0.402. The fourth-order valence-corrected chi connectivity index (χ4v) is 5.97. The van der Waals surface area contributed by atoms with Gasteiger partial charge in [0.1, 0.15) is 22.2 Å². The number of rotatable bonds is 12. The molecule has 2 aromatic carbocycles. The summed E-state index contributed by atoms with van der Waals surface area (Å²) in [5.74, 6) is -0.903. The van der Waals surface area contributed by atoms with Crippen molar-refractivity contribution >= 4 is 44.5 Å². The molecule has 218 valence electrons. The molecule has 0 bridgehead atoms. The number of carbonyl (C=O) groups excluding carboxylic acids is 4. The zero-order chi connectivity index (χ0) is 29.5. The van der Waals surface area contributed by atoms with Crippen LogP contribution in [-0.4, -0.2) is 69.7 Å². The number of nitrogens with one attached hydrogen (secondary N) is 3. The van der Waals surface area contributed by atoms with Gasteiger partial charge in [0.2, 0.25) is 5.91 Å². The second-order valence-corrected chi connectivity index (χ2v) is 12.0. The van der Waals surface area contributed by atoms with E-state index < -0.39 is 39.7 Å². The van der Waals surface area contributed by atoms with Gasteiger partial charge in [-0.05, 0) is 42.5 Å². The fraction of sp³-hybridized carbons (Fsp3) is 0.400. The van der Waals surface area contributed by atoms with E-state index in [1.807, 2.05) is 32.0 Å². The molecule has 41 heavy (non-hydrogen) atoms. The van der Waals surface area contributed by atoms with E-state index in [2.05, 4.69) is 15.6 Å². The van der Waals surface area contributed by atoms with E-state index in [1.54, 1.807) is 43.5 Å². The predicted octanol–water partition coefficient (Wildman–Crippen LogP) is 3.40. The lowest BCUT2D eigenvalue weighted by Gasteiger charge is -2.27. The SMILES string of the molecule is COc1cccc2[nH]c(C(=O)N[C@@H](CC(C)C)C(=O)CN(C[C@@H]3CCNC3=O)C(=O)S(=O)Cc3ccccc3)cc12. The minimum absolute atomic E-state index is 0.00275. The third-order valence-electron chi connectivity index (χ3n) is 7.03. The van der Waals surface area contributed by atoms with Gasteiger partial charge < -0.3 is 25.3 Å². The van der Waals surface area contributed by atoms with Crippen LogP contribution in [0.15, 0.2) is 54.6 Å². The molecule has 1 saturated heterocycles. The maximum Gasteiger partial charge on any atom is 0.312 e. The van der Waals surface area contributed by atoms with Crippen molar-refractivity contribution in [2.75, 3.05) is 26.7 Å². The molecule has 0 aliphatic carbocycles. The van der Waals surface area contributed by atoms with Crippen molar-refractivity contribution in [1.29, 1.82) is 0 Å². The van der Waals surface area contributed by atoms with Crippen LogP contribution in [0.3, 0.4) is 0 Å². The Kier molecular flexibility index (Phi) is 9.93. The third-order valence-corrected chi connectivity index (χ3v) is 8.28. The normalized spacial score (nSPS) is 16.3. The number of ketones is 1. The Labute approximate surface area is 241 Å². The number of hydrogen-bond acceptors (Lipinski definition) is 6. The number of Topliss-reactive ketones (excluding diaryl/α,β-unsaturated/α-hetero) is 1. The molecule has 1 aliphatic heterocycles. The van der Waals surface area contributed by atoms with E-state index >= 15 is 0 Å². The Morgan fingerprint density at radius 1 is 1.12 bits per heavy atom. The molecule has 3 atom stereocenters. The molecule has 3 amide bonds. The molecule has 0 radical (unpaired) electrons. The summed E-state index contributed by atoms with van der Waals surface area (Å²) in [6.07, 6.45) is 0.852. The molecule has 1 aliphatic rings. The van der Waals surface area contributed by atoms with Gasteiger partial charge in [-0.25, -0.2) is 4.21 Å². The first-order chi connectivity index (χ1) is 19.7. The third kappa shape index (κ3) is 7.60. The van der Waals surface area contributed by atoms with Gasteiger partial charge in [0.05, 0.1) is 31.4 Å². The monoisotopic (exact) mass is 580 g/mol. The van der Waals surface area contributed by atoms with Gasteiger partial charge in [-0.3, -0.25) is 19.2 Å². The van der Waals surface area contributed by atoms with Crippen molar-refractivity contribution in [3.8, 4) is 5.75 Å². The number of aromatic nitrogens is 1. The summed E-state index contributed by atoms with van der Waals surface area (Å²) in [5.41, 5.74) is 1.71. The number of aromatic amines is 1. The maximum atomic E-state index is 13.6. The highest BCUT2D eigenvalue weighted by atomic mass is 32.2. The number of hydrogen-bond donors (Lipinski definition) is 3. The van der Waals surface area contributed by atoms with Crippen LogP contribution >= 0.6 is 0 Å². The van der Waals surface area contributed by atoms with Gasteiger partial charge in [0.15, 0.2) is 5.78 Å². The minimum atomic E-state index is -1.95. The van der Waals surface area contributed by atoms with Crippen LogP contribution in [0.5, 0.6) is 5.75 Å². The lowest BCUT2D eigenvalue weighted by Crippen LogP contribution is -2.49. The van der Waals surface area contributed by atoms with Gasteiger partial charge in [0.25, 0.3) is 5.91 Å². The van der Waals surface area contributed by atoms with Crippen LogP contribution in [0.4, 0.5) is 4.79 Å². The zero-order valence-corrected chi connectivity index (χ0v) is 24.3. The second-order valence-electron chi connectivity index (χ2n) is 10.6. The zero-order valence-electron chi connectivity index (χ0n) is 23.5. The molecule has 10 nitrogen and oxygen atoms in total. The molecular weight excluding hydrogens is 544 g/mol. The van der Waals surface area contributed by atoms with E-state index in [0.29, 0.717) is 30.7 Å². The summed E-state index contributed by atoms with van der Waals surface area (Å²) in [4.78, 5) is 56.8. The number of amides is 3. The second kappa shape index (κ2) is 13.6. The number of nitrogens with zero attached hydrogens (tertiary/aromatic N) is 1. The predicted molar refractivity (Wildman–Crippen MR) is 157 cm³/mol. The van der Waals surface area contributed by atoms with Crippen molar-refractivity contribution in [3.05, 3.63) is 65.9 Å². The Bertz CT molecular complexity index is 1440. The molecule has 3 N–H and O–H groups in total. The minimum Gasteiger partial charge on any atom is -0.496 e. The Morgan fingerprint density at radius 2 is 1.88 bits per heavy atom. The first-order valence-electron chi connectivity index (χ1n) is 13.6. The lowest BCUT2D eigenvalue weighted by molar-refractivity contribution is -0.124. The summed E-state index contributed by atoms with van der Waals surface area (Å²) in [6.45, 7) is 3.94. The molecule has 1 fully saturated rings. The van der Waals surface area contributed by atoms with E-state index in [-0.39, 0.29) is 36.4 Å². The number of methoxy groups -OCH3 is 1. The molecule has 1 unspecified atom stereocenters. The first kappa shape index (κ1) is 30.0. The number of fused-ring (bicyclic) bond motifs is 1. The van der Waals surface area contributed by atoms with Gasteiger partial charge in [-0.2, -0.15) is 0 Å². The molecule has 4 rings (SSSR count). The topological polar surface area (TPSA) is 138 Å². The quantitative estimate of drug-likeness (QED) is 0.300. The lowest BCUT2D eigenvalue weighted by atomic mass is 9.99. The molecule has 1 aromatic heterocycles. The Hall–Kier alpha value is -3.99. The number of benzene rings is 2. The van der Waals surface area contributed by atoms with Crippen molar-refractivity contribution in [1.82, 2.24) is 20.5 Å². The first-order valence-corrected chi connectivity index (χ1v) is 15.0. The van der Waals surface area contributed by atoms with Crippen LogP contribution in [0.25, 0.3) is 10.9 Å². The van der Waals surface area contributed by atoms with Crippen molar-refractivity contribution < 1.29 is 28.1 Å². The summed E-state index contributed by atoms with van der Waals surface area (Å²) >= 11 is 0. The molecule has 2 heterocycles. The number of ether oxygens (including phenoxy) is 1. The largest absolute Gasteiger partial charge is 0.496 e. The summed E-state index contributed by atoms with van der Waals surface area (Å²) < 4.78 is 18.4. The summed E-state index contributed by atoms with van der Waals surface area (Å²) in [5, 5.41) is 5.59. The van der Waals surface area contributed by atoms with Crippen LogP contribution in [0.1, 0.15) is 42.7 Å². The van der Waals surface area contributed by atoms with E-state index in [1.165, 1.54) is 4.90 Å². The Balaban J connectivity index is 1.52. The van der Waals surface area contributed by atoms with Crippen LogP contribution in [-0.2, 0) is 26.1 Å². The van der Waals surface area contributed by atoms with Crippen molar-refractivity contribution in [2.24, 2.45) is 11.8 Å². The van der Waals surface area contributed by atoms with Crippen molar-refractivity contribution in [2.45, 2.75) is 38.5 Å². The van der Waals surface area contributed by atoms with E-state index in [0.717, 1.165) is 10.9 Å². The highest BCUT2D eigenvalue weighted by Gasteiger charge is 2.33. The molecule has 0 saturated carbocycles. The number of H-pyrrole nitrogens is 1. The smallest absolute Gasteiger partial charge is 0.312 e. The van der Waals surface area contributed by atoms with Gasteiger partial charge in [-0.15, -0.1) is 0 Å². The molecule has 11 heteroatoms. The highest BCUT2D eigenvalue weighted by Crippen LogP contribution is 2.26. The molecule has 3 aromatic rings. The maximum absolute atomic E-state index is 13.6. The van der Waals surface area contributed by atoms with Crippen LogP contribution < -0.4 is 15.4 Å². The van der Waals surface area contributed by atoms with Crippen molar-refractivity contribution in [3.63, 3.8) is 0 Å². The van der Waals surface area contributed by atoms with Gasteiger partial charge in [0, 0.05) is 24.0 Å². The average Bonchev–Trinajstić information content (AvgIpc) is 3.58. The Morgan fingerprint density at radius 3 is 2.54 bits per heavy atom. The molecular formula is C30H36N4O6S. The molecule has 0 spiro atoms. The van der Waals surface area contributed by atoms with E-state index in [4.69, 9.17) is 4.74 Å². The van der Waals surface area contributed by atoms with Crippen LogP contribution in [0.2, 0.25) is 0 Å². The standard InChI is InChI=1S/C30H36N4O6S/c1-19(2)14-24(33-29(37)25-15-22-23(32-25)10-7-11-27(22)40-3)26(35)17-34(16-21-12-13-31-28(21)36)30(38)41(39)18-20-8-5-4-6-9-20/h4-11,15,19,21,24,32H,12-14,16-18H2,1-3H3,(H,31,36)(H,33,37)/t21-,24-,41?/m0/s1. The number of carbonyl (C=O) groups is 4. The van der Waals surface area contributed by atoms with Gasteiger partial charge in [-0.1, -0.05) is 50.2 Å². The summed E-state index contributed by atoms with van der Waals surface area (Å²) in [6, 6.07) is 15.2. The van der Waals surface area contributed by atoms with Crippen LogP contribution in [0, 0.1) is 11.8 Å².